The molecule has 0 atom stereocenters. The van der Waals surface area contributed by atoms with Crippen LogP contribution in [0.25, 0.3) is 28.5 Å². The molecule has 0 bridgehead atoms. The van der Waals surface area contributed by atoms with E-state index in [-0.39, 0.29) is 5.56 Å². The first-order valence-electron chi connectivity index (χ1n) is 9.77. The van der Waals surface area contributed by atoms with E-state index in [2.05, 4.69) is 10.2 Å². The number of nitrogens with zero attached hydrogens (tertiary/aromatic N) is 1. The van der Waals surface area contributed by atoms with Gasteiger partial charge in [-0.05, 0) is 29.3 Å². The number of carbonyl (C=O) groups excluding carboxylic acids is 1. The molecule has 1 N–H and O–H groups in total. The van der Waals surface area contributed by atoms with Crippen molar-refractivity contribution < 1.29 is 9.53 Å². The third-order valence-corrected chi connectivity index (χ3v) is 4.88. The Bertz CT molecular complexity index is 1280. The Hall–Kier alpha value is -4.25. The van der Waals surface area contributed by atoms with E-state index in [0.717, 1.165) is 22.4 Å². The molecule has 0 aliphatic rings. The SMILES string of the molecule is COc1ccc(C=CC(=O)c2c(-c3ccccc3)c(-c3ccccc3)n[nH]c2=O)cc1. The van der Waals surface area contributed by atoms with E-state index in [0.29, 0.717) is 11.3 Å². The van der Waals surface area contributed by atoms with E-state index >= 15 is 0 Å². The van der Waals surface area contributed by atoms with Crippen LogP contribution >= 0.6 is 0 Å². The van der Waals surface area contributed by atoms with Gasteiger partial charge in [0, 0.05) is 11.1 Å². The van der Waals surface area contributed by atoms with Crippen molar-refractivity contribution in [2.45, 2.75) is 0 Å². The van der Waals surface area contributed by atoms with Gasteiger partial charge in [0.25, 0.3) is 5.56 Å². The van der Waals surface area contributed by atoms with Gasteiger partial charge in [-0.25, -0.2) is 5.10 Å². The molecule has 0 saturated carbocycles. The van der Waals surface area contributed by atoms with E-state index < -0.39 is 11.3 Å². The zero-order valence-corrected chi connectivity index (χ0v) is 16.9. The fourth-order valence-electron chi connectivity index (χ4n) is 3.35. The molecule has 5 heteroatoms. The lowest BCUT2D eigenvalue weighted by Gasteiger charge is -2.12. The number of rotatable bonds is 6. The van der Waals surface area contributed by atoms with Crippen molar-refractivity contribution in [2.75, 3.05) is 7.11 Å². The Morgan fingerprint density at radius 3 is 2.10 bits per heavy atom. The van der Waals surface area contributed by atoms with Gasteiger partial charge in [-0.15, -0.1) is 0 Å². The topological polar surface area (TPSA) is 72.0 Å². The lowest BCUT2D eigenvalue weighted by molar-refractivity contribution is 0.104. The minimum atomic E-state index is -0.525. The maximum Gasteiger partial charge on any atom is 0.276 e. The highest BCUT2D eigenvalue weighted by atomic mass is 16.5. The highest BCUT2D eigenvalue weighted by Crippen LogP contribution is 2.31. The molecule has 3 aromatic carbocycles. The Kier molecular flexibility index (Phi) is 5.85. The molecule has 4 aromatic rings. The number of carbonyl (C=O) groups is 1. The molecule has 0 aliphatic heterocycles. The molecule has 152 valence electrons. The van der Waals surface area contributed by atoms with E-state index in [1.54, 1.807) is 13.2 Å². The lowest BCUT2D eigenvalue weighted by atomic mass is 9.93. The molecule has 4 rings (SSSR count). The summed E-state index contributed by atoms with van der Waals surface area (Å²) in [6, 6.07) is 26.1. The molecule has 0 amide bonds. The number of H-pyrrole nitrogens is 1. The van der Waals surface area contributed by atoms with Crippen LogP contribution < -0.4 is 10.3 Å². The minimum absolute atomic E-state index is 0.0600. The molecule has 1 aromatic heterocycles. The number of methoxy groups -OCH3 is 1. The molecule has 0 spiro atoms. The Morgan fingerprint density at radius 1 is 0.871 bits per heavy atom. The fourth-order valence-corrected chi connectivity index (χ4v) is 3.35. The summed E-state index contributed by atoms with van der Waals surface area (Å²) in [4.78, 5) is 25.9. The average Bonchev–Trinajstić information content (AvgIpc) is 2.83. The molecule has 0 radical (unpaired) electrons. The van der Waals surface area contributed by atoms with E-state index in [9.17, 15) is 9.59 Å². The van der Waals surface area contributed by atoms with Crippen molar-refractivity contribution in [3.05, 3.63) is 112 Å². The third kappa shape index (κ3) is 4.36. The summed E-state index contributed by atoms with van der Waals surface area (Å²) in [6.07, 6.45) is 3.09. The van der Waals surface area contributed by atoms with Crippen molar-refractivity contribution in [2.24, 2.45) is 0 Å². The second kappa shape index (κ2) is 9.05. The summed E-state index contributed by atoms with van der Waals surface area (Å²) in [7, 11) is 1.60. The molecule has 0 fully saturated rings. The van der Waals surface area contributed by atoms with Gasteiger partial charge in [0.15, 0.2) is 5.78 Å². The zero-order chi connectivity index (χ0) is 21.6. The lowest BCUT2D eigenvalue weighted by Crippen LogP contribution is -2.20. The molecular weight excluding hydrogens is 388 g/mol. The number of ketones is 1. The predicted octanol–water partition coefficient (Wildman–Crippen LogP) is 5.01. The summed E-state index contributed by atoms with van der Waals surface area (Å²) in [5.41, 5.74) is 2.98. The average molecular weight is 408 g/mol. The van der Waals surface area contributed by atoms with E-state index in [4.69, 9.17) is 4.74 Å². The van der Waals surface area contributed by atoms with Gasteiger partial charge in [-0.2, -0.15) is 5.10 Å². The van der Waals surface area contributed by atoms with Crippen molar-refractivity contribution >= 4 is 11.9 Å². The first-order valence-corrected chi connectivity index (χ1v) is 9.77. The number of aromatic nitrogens is 2. The number of benzene rings is 3. The van der Waals surface area contributed by atoms with E-state index in [1.807, 2.05) is 84.9 Å². The second-order valence-corrected chi connectivity index (χ2v) is 6.85. The van der Waals surface area contributed by atoms with Crippen LogP contribution in [0, 0.1) is 0 Å². The van der Waals surface area contributed by atoms with Gasteiger partial charge in [0.05, 0.1) is 18.4 Å². The summed E-state index contributed by atoms with van der Waals surface area (Å²) in [5.74, 6) is 0.337. The number of nitrogens with one attached hydrogen (secondary N) is 1. The molecule has 31 heavy (non-hydrogen) atoms. The van der Waals surface area contributed by atoms with Crippen LogP contribution in [0.15, 0.2) is 95.8 Å². The van der Waals surface area contributed by atoms with E-state index in [1.165, 1.54) is 6.08 Å². The summed E-state index contributed by atoms with van der Waals surface area (Å²) in [5, 5.41) is 6.77. The number of allylic oxidation sites excluding steroid dienone is 1. The summed E-state index contributed by atoms with van der Waals surface area (Å²) < 4.78 is 5.16. The fraction of sp³-hybridized carbons (Fsp3) is 0.0385. The maximum atomic E-state index is 13.2. The number of hydrogen-bond acceptors (Lipinski definition) is 4. The van der Waals surface area contributed by atoms with Gasteiger partial charge in [-0.3, -0.25) is 9.59 Å². The second-order valence-electron chi connectivity index (χ2n) is 6.85. The van der Waals surface area contributed by atoms with Crippen LogP contribution in [-0.2, 0) is 0 Å². The van der Waals surface area contributed by atoms with Crippen molar-refractivity contribution in [3.8, 4) is 28.1 Å². The van der Waals surface area contributed by atoms with Crippen LogP contribution in [0.4, 0.5) is 0 Å². The van der Waals surface area contributed by atoms with Crippen LogP contribution in [0.1, 0.15) is 15.9 Å². The van der Waals surface area contributed by atoms with Gasteiger partial charge in [-0.1, -0.05) is 78.9 Å². The molecule has 0 unspecified atom stereocenters. The van der Waals surface area contributed by atoms with Crippen molar-refractivity contribution in [1.82, 2.24) is 10.2 Å². The van der Waals surface area contributed by atoms with Crippen molar-refractivity contribution in [1.29, 1.82) is 0 Å². The molecule has 1 heterocycles. The normalized spacial score (nSPS) is 10.9. The van der Waals surface area contributed by atoms with Crippen molar-refractivity contribution in [3.63, 3.8) is 0 Å². The first kappa shape index (κ1) is 20.0. The van der Waals surface area contributed by atoms with Gasteiger partial charge in [0.2, 0.25) is 0 Å². The van der Waals surface area contributed by atoms with Gasteiger partial charge in [0.1, 0.15) is 5.75 Å². The quantitative estimate of drug-likeness (QED) is 0.360. The standard InChI is InChI=1S/C26H20N2O3/c1-31-21-15-12-18(13-16-21)14-17-22(29)24-23(19-8-4-2-5-9-19)25(27-28-26(24)30)20-10-6-3-7-11-20/h2-17H,1H3,(H,28,30). The Balaban J connectivity index is 1.83. The molecule has 0 saturated heterocycles. The highest BCUT2D eigenvalue weighted by molar-refractivity contribution is 6.12. The molecular formula is C26H20N2O3. The Labute approximate surface area is 179 Å². The number of hydrogen-bond donors (Lipinski definition) is 1. The minimum Gasteiger partial charge on any atom is -0.497 e. The predicted molar refractivity (Wildman–Crippen MR) is 122 cm³/mol. The number of ether oxygens (including phenoxy) is 1. The van der Waals surface area contributed by atoms with Gasteiger partial charge < -0.3 is 4.74 Å². The summed E-state index contributed by atoms with van der Waals surface area (Å²) >= 11 is 0. The largest absolute Gasteiger partial charge is 0.497 e. The summed E-state index contributed by atoms with van der Waals surface area (Å²) in [6.45, 7) is 0. The maximum absolute atomic E-state index is 13.2. The van der Waals surface area contributed by atoms with Crippen LogP contribution in [0.5, 0.6) is 5.75 Å². The Morgan fingerprint density at radius 2 is 1.48 bits per heavy atom. The molecule has 5 nitrogen and oxygen atoms in total. The first-order chi connectivity index (χ1) is 15.2. The van der Waals surface area contributed by atoms with Crippen LogP contribution in [0.3, 0.4) is 0 Å². The smallest absolute Gasteiger partial charge is 0.276 e. The third-order valence-electron chi connectivity index (χ3n) is 4.88. The monoisotopic (exact) mass is 408 g/mol. The number of aromatic amines is 1. The van der Waals surface area contributed by atoms with Crippen LogP contribution in [0.2, 0.25) is 0 Å². The highest BCUT2D eigenvalue weighted by Gasteiger charge is 2.21. The van der Waals surface area contributed by atoms with Crippen LogP contribution in [-0.4, -0.2) is 23.1 Å². The van der Waals surface area contributed by atoms with Gasteiger partial charge >= 0.3 is 0 Å². The molecule has 0 aliphatic carbocycles. The zero-order valence-electron chi connectivity index (χ0n) is 16.9.